The van der Waals surface area contributed by atoms with E-state index in [1.807, 2.05) is 7.11 Å². The molecule has 0 bridgehead atoms. The normalized spacial score (nSPS) is 23.7. The molecule has 1 heterocycles. The van der Waals surface area contributed by atoms with Crippen LogP contribution in [-0.2, 0) is 17.8 Å². The Bertz CT molecular complexity index is 416. The summed E-state index contributed by atoms with van der Waals surface area (Å²) < 4.78 is 5.59. The fourth-order valence-electron chi connectivity index (χ4n) is 2.89. The van der Waals surface area contributed by atoms with Crippen molar-refractivity contribution in [2.24, 2.45) is 5.92 Å². The molecule has 0 radical (unpaired) electrons. The van der Waals surface area contributed by atoms with Crippen LogP contribution in [0.2, 0.25) is 0 Å². The average Bonchev–Trinajstić information content (AvgIpc) is 2.48. The highest BCUT2D eigenvalue weighted by Crippen LogP contribution is 2.21. The third kappa shape index (κ3) is 5.10. The highest BCUT2D eigenvalue weighted by molar-refractivity contribution is 5.22. The summed E-state index contributed by atoms with van der Waals surface area (Å²) in [6.45, 7) is 10.9. The lowest BCUT2D eigenvalue weighted by molar-refractivity contribution is -0.00744. The molecule has 0 saturated carbocycles. The van der Waals surface area contributed by atoms with E-state index in [4.69, 9.17) is 4.74 Å². The first-order valence-corrected chi connectivity index (χ1v) is 8.15. The average molecular weight is 290 g/mol. The topological polar surface area (TPSA) is 24.5 Å². The Morgan fingerprint density at radius 3 is 2.52 bits per heavy atom. The Labute approximate surface area is 129 Å². The largest absolute Gasteiger partial charge is 0.380 e. The first-order valence-electron chi connectivity index (χ1n) is 8.15. The Morgan fingerprint density at radius 2 is 1.90 bits per heavy atom. The summed E-state index contributed by atoms with van der Waals surface area (Å²) in [5, 5.41) is 3.45. The van der Waals surface area contributed by atoms with E-state index in [-0.39, 0.29) is 0 Å². The van der Waals surface area contributed by atoms with Crippen molar-refractivity contribution < 1.29 is 4.74 Å². The highest BCUT2D eigenvalue weighted by Gasteiger charge is 2.25. The lowest BCUT2D eigenvalue weighted by Gasteiger charge is -2.36. The molecule has 3 heteroatoms. The van der Waals surface area contributed by atoms with Crippen molar-refractivity contribution in [3.8, 4) is 0 Å². The summed E-state index contributed by atoms with van der Waals surface area (Å²) in [4.78, 5) is 2.51. The van der Waals surface area contributed by atoms with E-state index in [0.717, 1.165) is 19.6 Å². The van der Waals surface area contributed by atoms with E-state index in [2.05, 4.69) is 55.3 Å². The van der Waals surface area contributed by atoms with Crippen LogP contribution in [0.3, 0.4) is 0 Å². The molecule has 2 rings (SSSR count). The Balaban J connectivity index is 1.85. The minimum absolute atomic E-state index is 0.383. The van der Waals surface area contributed by atoms with Gasteiger partial charge in [-0.05, 0) is 30.0 Å². The number of hydrogen-bond acceptors (Lipinski definition) is 3. The van der Waals surface area contributed by atoms with Gasteiger partial charge >= 0.3 is 0 Å². The van der Waals surface area contributed by atoms with Crippen molar-refractivity contribution in [2.45, 2.75) is 52.4 Å². The molecule has 1 aromatic carbocycles. The van der Waals surface area contributed by atoms with Crippen molar-refractivity contribution >= 4 is 0 Å². The smallest absolute Gasteiger partial charge is 0.0724 e. The van der Waals surface area contributed by atoms with Crippen LogP contribution in [0.4, 0.5) is 0 Å². The highest BCUT2D eigenvalue weighted by atomic mass is 16.5. The molecule has 21 heavy (non-hydrogen) atoms. The van der Waals surface area contributed by atoms with E-state index >= 15 is 0 Å². The lowest BCUT2D eigenvalue weighted by Crippen LogP contribution is -2.43. The molecule has 1 fully saturated rings. The molecule has 118 valence electrons. The summed E-state index contributed by atoms with van der Waals surface area (Å²) in [7, 11) is 1.83. The van der Waals surface area contributed by atoms with Gasteiger partial charge in [0.05, 0.1) is 6.10 Å². The van der Waals surface area contributed by atoms with E-state index in [1.165, 1.54) is 24.1 Å². The fourth-order valence-corrected chi connectivity index (χ4v) is 2.89. The quantitative estimate of drug-likeness (QED) is 0.871. The molecule has 1 aromatic rings. The number of methoxy groups -OCH3 is 1. The van der Waals surface area contributed by atoms with E-state index in [9.17, 15) is 0 Å². The van der Waals surface area contributed by atoms with Gasteiger partial charge in [-0.15, -0.1) is 0 Å². The van der Waals surface area contributed by atoms with Gasteiger partial charge in [-0.1, -0.05) is 45.0 Å². The van der Waals surface area contributed by atoms with Crippen LogP contribution in [0.5, 0.6) is 0 Å². The third-order valence-electron chi connectivity index (χ3n) is 4.42. The number of piperidine rings is 1. The number of rotatable bonds is 6. The first-order chi connectivity index (χ1) is 10.1. The molecular weight excluding hydrogens is 260 g/mol. The zero-order chi connectivity index (χ0) is 15.2. The summed E-state index contributed by atoms with van der Waals surface area (Å²) in [6.07, 6.45) is 1.61. The zero-order valence-electron chi connectivity index (χ0n) is 13.9. The van der Waals surface area contributed by atoms with E-state index in [1.54, 1.807) is 0 Å². The van der Waals surface area contributed by atoms with Gasteiger partial charge in [0.15, 0.2) is 0 Å². The predicted octanol–water partition coefficient (Wildman–Crippen LogP) is 3.04. The SMILES string of the molecule is COC1CN(Cc2ccc(CNC(C)C)cc2)CCC1C. The molecule has 0 aromatic heterocycles. The molecule has 1 saturated heterocycles. The second-order valence-electron chi connectivity index (χ2n) is 6.63. The number of likely N-dealkylation sites (tertiary alicyclic amines) is 1. The summed E-state index contributed by atoms with van der Waals surface area (Å²) in [6, 6.07) is 9.54. The van der Waals surface area contributed by atoms with E-state index < -0.39 is 0 Å². The maximum atomic E-state index is 5.59. The van der Waals surface area contributed by atoms with Gasteiger partial charge in [0, 0.05) is 32.8 Å². The lowest BCUT2D eigenvalue weighted by atomic mass is 9.95. The summed E-state index contributed by atoms with van der Waals surface area (Å²) in [5.41, 5.74) is 2.75. The molecule has 0 aliphatic carbocycles. The maximum absolute atomic E-state index is 5.59. The molecule has 1 aliphatic heterocycles. The predicted molar refractivity (Wildman–Crippen MR) is 88.3 cm³/mol. The Hall–Kier alpha value is -0.900. The van der Waals surface area contributed by atoms with Crippen molar-refractivity contribution in [1.82, 2.24) is 10.2 Å². The molecule has 1 aliphatic rings. The van der Waals surface area contributed by atoms with Crippen LogP contribution in [0.1, 0.15) is 38.3 Å². The van der Waals surface area contributed by atoms with Crippen LogP contribution < -0.4 is 5.32 Å². The summed E-state index contributed by atoms with van der Waals surface area (Å²) >= 11 is 0. The van der Waals surface area contributed by atoms with Crippen LogP contribution in [0.25, 0.3) is 0 Å². The van der Waals surface area contributed by atoms with E-state index in [0.29, 0.717) is 18.1 Å². The number of ether oxygens (including phenoxy) is 1. The molecule has 1 N–H and O–H groups in total. The number of benzene rings is 1. The second kappa shape index (κ2) is 7.92. The monoisotopic (exact) mass is 290 g/mol. The van der Waals surface area contributed by atoms with Crippen molar-refractivity contribution in [2.75, 3.05) is 20.2 Å². The van der Waals surface area contributed by atoms with Crippen LogP contribution in [0.15, 0.2) is 24.3 Å². The fraction of sp³-hybridized carbons (Fsp3) is 0.667. The third-order valence-corrected chi connectivity index (χ3v) is 4.42. The number of hydrogen-bond donors (Lipinski definition) is 1. The second-order valence-corrected chi connectivity index (χ2v) is 6.63. The van der Waals surface area contributed by atoms with Crippen LogP contribution >= 0.6 is 0 Å². The first kappa shape index (κ1) is 16.5. The van der Waals surface area contributed by atoms with Crippen molar-refractivity contribution in [3.05, 3.63) is 35.4 Å². The summed E-state index contributed by atoms with van der Waals surface area (Å²) in [5.74, 6) is 0.677. The molecule has 0 spiro atoms. The van der Waals surface area contributed by atoms with Gasteiger partial charge < -0.3 is 10.1 Å². The molecule has 3 nitrogen and oxygen atoms in total. The van der Waals surface area contributed by atoms with Gasteiger partial charge in [0.2, 0.25) is 0 Å². The van der Waals surface area contributed by atoms with Crippen molar-refractivity contribution in [3.63, 3.8) is 0 Å². The van der Waals surface area contributed by atoms with Gasteiger partial charge in [0.1, 0.15) is 0 Å². The van der Waals surface area contributed by atoms with Crippen LogP contribution in [0, 0.1) is 5.92 Å². The van der Waals surface area contributed by atoms with Gasteiger partial charge in [-0.3, -0.25) is 4.90 Å². The van der Waals surface area contributed by atoms with Gasteiger partial charge in [-0.2, -0.15) is 0 Å². The Kier molecular flexibility index (Phi) is 6.22. The number of nitrogens with zero attached hydrogens (tertiary/aromatic N) is 1. The molecule has 0 amide bonds. The zero-order valence-corrected chi connectivity index (χ0v) is 13.9. The van der Waals surface area contributed by atoms with Crippen molar-refractivity contribution in [1.29, 1.82) is 0 Å². The van der Waals surface area contributed by atoms with Gasteiger partial charge in [-0.25, -0.2) is 0 Å². The number of nitrogens with one attached hydrogen (secondary N) is 1. The minimum atomic E-state index is 0.383. The maximum Gasteiger partial charge on any atom is 0.0724 e. The van der Waals surface area contributed by atoms with Gasteiger partial charge in [0.25, 0.3) is 0 Å². The van der Waals surface area contributed by atoms with Crippen LogP contribution in [-0.4, -0.2) is 37.2 Å². The standard InChI is InChI=1S/C18H30N2O/c1-14(2)19-11-16-5-7-17(8-6-16)12-20-10-9-15(3)18(13-20)21-4/h5-8,14-15,18-19H,9-13H2,1-4H3. The Morgan fingerprint density at radius 1 is 1.24 bits per heavy atom. The molecular formula is C18H30N2O. The minimum Gasteiger partial charge on any atom is -0.380 e. The molecule has 2 unspecified atom stereocenters. The molecule has 2 atom stereocenters.